The lowest BCUT2D eigenvalue weighted by atomic mass is 10.2. The second kappa shape index (κ2) is 4.14. The molecule has 0 unspecified atom stereocenters. The molecule has 0 atom stereocenters. The highest BCUT2D eigenvalue weighted by Crippen LogP contribution is 2.09. The number of carbonyl (C=O) groups is 1. The highest BCUT2D eigenvalue weighted by molar-refractivity contribution is 6.66. The molecule has 1 nitrogen and oxygen atoms in total. The van der Waals surface area contributed by atoms with E-state index in [0.29, 0.717) is 0 Å². The summed E-state index contributed by atoms with van der Waals surface area (Å²) in [6.45, 7) is 0. The van der Waals surface area contributed by atoms with Gasteiger partial charge in [-0.1, -0.05) is 0 Å². The molecule has 0 aromatic heterocycles. The van der Waals surface area contributed by atoms with Crippen molar-refractivity contribution >= 4 is 22.9 Å². The number of allylic oxidation sites excluding steroid dienone is 1. The maximum atomic E-state index is 12.6. The lowest BCUT2D eigenvalue weighted by Gasteiger charge is -1.93. The van der Waals surface area contributed by atoms with E-state index in [-0.39, 0.29) is 5.56 Å². The molecule has 0 bridgehead atoms. The van der Waals surface area contributed by atoms with Gasteiger partial charge in [0.15, 0.2) is 0 Å². The van der Waals surface area contributed by atoms with Gasteiger partial charge in [-0.15, -0.1) is 0 Å². The fraction of sp³-hybridized carbons (Fsp3) is 0. The normalized spacial score (nSPS) is 10.7. The molecule has 0 aliphatic carbocycles. The summed E-state index contributed by atoms with van der Waals surface area (Å²) >= 11 is 4.99. The predicted octanol–water partition coefficient (Wildman–Crippen LogP) is 2.74. The first-order valence-electron chi connectivity index (χ1n) is 3.41. The molecule has 0 heterocycles. The van der Waals surface area contributed by atoms with Crippen LogP contribution in [-0.4, -0.2) is 5.24 Å². The van der Waals surface area contributed by atoms with Crippen molar-refractivity contribution in [1.29, 1.82) is 0 Å². The van der Waals surface area contributed by atoms with Crippen LogP contribution in [0.2, 0.25) is 0 Å². The summed E-state index contributed by atoms with van der Waals surface area (Å²) in [5, 5.41) is -0.690. The number of benzene rings is 1. The minimum Gasteiger partial charge on any atom is -0.276 e. The standard InChI is InChI=1S/C9H5ClF2O/c10-9(13)2-1-6-3-7(11)5-8(12)4-6/h1-5H/b2-1+. The zero-order valence-corrected chi connectivity index (χ0v) is 7.18. The first kappa shape index (κ1) is 9.86. The van der Waals surface area contributed by atoms with Crippen molar-refractivity contribution in [3.05, 3.63) is 41.5 Å². The Labute approximate surface area is 78.6 Å². The van der Waals surface area contributed by atoms with E-state index in [1.807, 2.05) is 0 Å². The minimum absolute atomic E-state index is 0.256. The van der Waals surface area contributed by atoms with E-state index >= 15 is 0 Å². The van der Waals surface area contributed by atoms with E-state index in [0.717, 1.165) is 24.3 Å². The molecule has 68 valence electrons. The molecule has 4 heteroatoms. The van der Waals surface area contributed by atoms with Crippen LogP contribution in [0, 0.1) is 11.6 Å². The summed E-state index contributed by atoms with van der Waals surface area (Å²) < 4.78 is 25.1. The second-order valence-electron chi connectivity index (χ2n) is 2.34. The van der Waals surface area contributed by atoms with Crippen LogP contribution in [0.15, 0.2) is 24.3 Å². The maximum absolute atomic E-state index is 12.6. The number of hydrogen-bond donors (Lipinski definition) is 0. The van der Waals surface area contributed by atoms with Gasteiger partial charge in [0.05, 0.1) is 0 Å². The van der Waals surface area contributed by atoms with Gasteiger partial charge in [0.25, 0.3) is 0 Å². The first-order chi connectivity index (χ1) is 6.08. The second-order valence-corrected chi connectivity index (χ2v) is 2.71. The SMILES string of the molecule is O=C(Cl)/C=C/c1cc(F)cc(F)c1. The summed E-state index contributed by atoms with van der Waals surface area (Å²) in [4.78, 5) is 10.3. The van der Waals surface area contributed by atoms with Crippen molar-refractivity contribution in [2.75, 3.05) is 0 Å². The molecule has 0 radical (unpaired) electrons. The Morgan fingerprint density at radius 2 is 1.77 bits per heavy atom. The summed E-state index contributed by atoms with van der Waals surface area (Å²) in [7, 11) is 0. The zero-order valence-electron chi connectivity index (χ0n) is 6.43. The fourth-order valence-electron chi connectivity index (χ4n) is 0.833. The predicted molar refractivity (Wildman–Crippen MR) is 46.3 cm³/mol. The highest BCUT2D eigenvalue weighted by Gasteiger charge is 1.97. The molecule has 0 aliphatic heterocycles. The Bertz CT molecular complexity index is 340. The van der Waals surface area contributed by atoms with Crippen LogP contribution >= 0.6 is 11.6 Å². The molecular formula is C9H5ClF2O. The van der Waals surface area contributed by atoms with Gasteiger partial charge in [0, 0.05) is 6.07 Å². The van der Waals surface area contributed by atoms with Crippen molar-refractivity contribution in [3.63, 3.8) is 0 Å². The van der Waals surface area contributed by atoms with Crippen molar-refractivity contribution < 1.29 is 13.6 Å². The van der Waals surface area contributed by atoms with Gasteiger partial charge in [0.2, 0.25) is 5.24 Å². The molecular weight excluding hydrogens is 198 g/mol. The molecule has 0 fully saturated rings. The minimum atomic E-state index is -0.693. The lowest BCUT2D eigenvalue weighted by molar-refractivity contribution is -0.107. The Kier molecular flexibility index (Phi) is 3.14. The fourth-order valence-corrected chi connectivity index (χ4v) is 0.896. The van der Waals surface area contributed by atoms with Gasteiger partial charge in [-0.2, -0.15) is 0 Å². The molecule has 0 saturated heterocycles. The largest absolute Gasteiger partial charge is 0.276 e. The average molecular weight is 203 g/mol. The molecule has 0 N–H and O–H groups in total. The summed E-state index contributed by atoms with van der Waals surface area (Å²) in [5.41, 5.74) is 0.256. The van der Waals surface area contributed by atoms with Gasteiger partial charge in [0.1, 0.15) is 11.6 Å². The number of hydrogen-bond acceptors (Lipinski definition) is 1. The molecule has 0 spiro atoms. The Morgan fingerprint density at radius 3 is 2.23 bits per heavy atom. The van der Waals surface area contributed by atoms with E-state index in [4.69, 9.17) is 11.6 Å². The van der Waals surface area contributed by atoms with E-state index in [9.17, 15) is 13.6 Å². The van der Waals surface area contributed by atoms with E-state index in [2.05, 4.69) is 0 Å². The third-order valence-corrected chi connectivity index (χ3v) is 1.42. The van der Waals surface area contributed by atoms with Gasteiger partial charge < -0.3 is 0 Å². The van der Waals surface area contributed by atoms with Gasteiger partial charge in [-0.25, -0.2) is 8.78 Å². The topological polar surface area (TPSA) is 17.1 Å². The molecule has 0 aliphatic rings. The monoisotopic (exact) mass is 202 g/mol. The van der Waals surface area contributed by atoms with Crippen LogP contribution in [-0.2, 0) is 4.79 Å². The van der Waals surface area contributed by atoms with Crippen molar-refractivity contribution in [3.8, 4) is 0 Å². The summed E-state index contributed by atoms with van der Waals surface area (Å²) in [5.74, 6) is -1.39. The Hall–Kier alpha value is -1.22. The van der Waals surface area contributed by atoms with Crippen molar-refractivity contribution in [2.45, 2.75) is 0 Å². The Balaban J connectivity index is 2.95. The van der Waals surface area contributed by atoms with Crippen LogP contribution in [0.5, 0.6) is 0 Å². The first-order valence-corrected chi connectivity index (χ1v) is 3.79. The summed E-state index contributed by atoms with van der Waals surface area (Å²) in [6, 6.07) is 2.94. The van der Waals surface area contributed by atoms with Crippen LogP contribution in [0.3, 0.4) is 0 Å². The number of rotatable bonds is 2. The lowest BCUT2D eigenvalue weighted by Crippen LogP contribution is -1.82. The van der Waals surface area contributed by atoms with Crippen molar-refractivity contribution in [2.24, 2.45) is 0 Å². The van der Waals surface area contributed by atoms with Crippen LogP contribution < -0.4 is 0 Å². The third-order valence-electron chi connectivity index (χ3n) is 1.29. The molecule has 0 saturated carbocycles. The van der Waals surface area contributed by atoms with Gasteiger partial charge >= 0.3 is 0 Å². The number of halogens is 3. The molecule has 1 aromatic rings. The number of carbonyl (C=O) groups excluding carboxylic acids is 1. The third kappa shape index (κ3) is 3.34. The highest BCUT2D eigenvalue weighted by atomic mass is 35.5. The van der Waals surface area contributed by atoms with Gasteiger partial charge in [-0.3, -0.25) is 4.79 Å². The zero-order chi connectivity index (χ0) is 9.84. The maximum Gasteiger partial charge on any atom is 0.245 e. The van der Waals surface area contributed by atoms with Gasteiger partial charge in [-0.05, 0) is 41.4 Å². The molecule has 13 heavy (non-hydrogen) atoms. The summed E-state index contributed by atoms with van der Waals surface area (Å²) in [6.07, 6.45) is 2.26. The van der Waals surface area contributed by atoms with Crippen LogP contribution in [0.25, 0.3) is 6.08 Å². The smallest absolute Gasteiger partial charge is 0.245 e. The molecule has 1 aromatic carbocycles. The quantitative estimate of drug-likeness (QED) is 0.532. The average Bonchev–Trinajstić information content (AvgIpc) is 1.99. The molecule has 0 amide bonds. The van der Waals surface area contributed by atoms with Crippen molar-refractivity contribution in [1.82, 2.24) is 0 Å². The van der Waals surface area contributed by atoms with E-state index in [1.54, 1.807) is 0 Å². The van der Waals surface area contributed by atoms with Crippen LogP contribution in [0.1, 0.15) is 5.56 Å². The van der Waals surface area contributed by atoms with E-state index < -0.39 is 16.9 Å². The Morgan fingerprint density at radius 1 is 1.23 bits per heavy atom. The van der Waals surface area contributed by atoms with Crippen LogP contribution in [0.4, 0.5) is 8.78 Å². The molecule has 1 rings (SSSR count). The van der Waals surface area contributed by atoms with E-state index in [1.165, 1.54) is 6.08 Å².